The van der Waals surface area contributed by atoms with Crippen molar-refractivity contribution in [3.63, 3.8) is 0 Å². The monoisotopic (exact) mass is 192 g/mol. The molecule has 0 radical (unpaired) electrons. The van der Waals surface area contributed by atoms with Gasteiger partial charge in [-0.3, -0.25) is 4.57 Å². The van der Waals surface area contributed by atoms with Gasteiger partial charge in [0.2, 0.25) is 0 Å². The molecule has 2 aromatic heterocycles. The van der Waals surface area contributed by atoms with E-state index in [9.17, 15) is 4.39 Å². The lowest BCUT2D eigenvalue weighted by atomic mass is 10.4. The Labute approximate surface area is 80.2 Å². The van der Waals surface area contributed by atoms with E-state index in [0.717, 1.165) is 5.69 Å². The largest absolute Gasteiger partial charge is 0.397 e. The normalized spacial score (nSPS) is 10.4. The highest BCUT2D eigenvalue weighted by molar-refractivity contribution is 5.40. The number of nitrogen functional groups attached to an aromatic ring is 1. The van der Waals surface area contributed by atoms with Gasteiger partial charge in [-0.2, -0.15) is 0 Å². The predicted molar refractivity (Wildman–Crippen MR) is 50.5 cm³/mol. The highest BCUT2D eigenvalue weighted by Crippen LogP contribution is 2.12. The molecule has 0 aliphatic carbocycles. The number of aryl methyl sites for hydroxylation is 1. The van der Waals surface area contributed by atoms with Crippen LogP contribution in [0.25, 0.3) is 5.82 Å². The van der Waals surface area contributed by atoms with E-state index < -0.39 is 5.82 Å². The van der Waals surface area contributed by atoms with Crippen LogP contribution in [0, 0.1) is 12.7 Å². The summed E-state index contributed by atoms with van der Waals surface area (Å²) in [7, 11) is 0. The molecule has 14 heavy (non-hydrogen) atoms. The molecule has 5 heteroatoms. The number of nitrogens with zero attached hydrogens (tertiary/aromatic N) is 3. The van der Waals surface area contributed by atoms with Gasteiger partial charge in [-0.15, -0.1) is 0 Å². The Bertz CT molecular complexity index is 464. The van der Waals surface area contributed by atoms with E-state index in [0.29, 0.717) is 5.69 Å². The quantitative estimate of drug-likeness (QED) is 0.740. The molecular formula is C9H9FN4. The maximum absolute atomic E-state index is 13.4. The fourth-order valence-corrected chi connectivity index (χ4v) is 1.17. The number of anilines is 1. The first-order valence-electron chi connectivity index (χ1n) is 4.09. The molecule has 2 N–H and O–H groups in total. The van der Waals surface area contributed by atoms with Crippen molar-refractivity contribution < 1.29 is 4.39 Å². The maximum atomic E-state index is 13.4. The first-order valence-corrected chi connectivity index (χ1v) is 4.09. The average molecular weight is 192 g/mol. The summed E-state index contributed by atoms with van der Waals surface area (Å²) in [5, 5.41) is 0. The third-order valence-corrected chi connectivity index (χ3v) is 1.80. The number of rotatable bonds is 1. The predicted octanol–water partition coefficient (Wildman–Crippen LogP) is 1.30. The van der Waals surface area contributed by atoms with Gasteiger partial charge < -0.3 is 5.73 Å². The number of hydrogen-bond acceptors (Lipinski definition) is 3. The number of imidazole rings is 1. The van der Waals surface area contributed by atoms with Gasteiger partial charge in [-0.05, 0) is 6.92 Å². The molecule has 0 atom stereocenters. The number of aromatic nitrogens is 3. The van der Waals surface area contributed by atoms with Crippen molar-refractivity contribution in [2.45, 2.75) is 6.92 Å². The van der Waals surface area contributed by atoms with E-state index in [1.54, 1.807) is 6.20 Å². The first kappa shape index (κ1) is 8.68. The van der Waals surface area contributed by atoms with Crippen LogP contribution in [0.2, 0.25) is 0 Å². The van der Waals surface area contributed by atoms with Crippen LogP contribution >= 0.6 is 0 Å². The zero-order valence-electron chi connectivity index (χ0n) is 7.61. The molecule has 0 unspecified atom stereocenters. The van der Waals surface area contributed by atoms with Crippen LogP contribution < -0.4 is 5.73 Å². The van der Waals surface area contributed by atoms with Crippen LogP contribution in [0.4, 0.5) is 10.1 Å². The van der Waals surface area contributed by atoms with Crippen LogP contribution in [-0.4, -0.2) is 14.5 Å². The van der Waals surface area contributed by atoms with E-state index in [1.807, 2.05) is 6.92 Å². The van der Waals surface area contributed by atoms with Crippen LogP contribution in [0.5, 0.6) is 0 Å². The fraction of sp³-hybridized carbons (Fsp3) is 0.111. The molecule has 0 bridgehead atoms. The van der Waals surface area contributed by atoms with Gasteiger partial charge >= 0.3 is 0 Å². The first-order chi connectivity index (χ1) is 6.66. The Morgan fingerprint density at radius 2 is 2.21 bits per heavy atom. The molecule has 0 saturated carbocycles. The standard InChI is InChI=1S/C9H9FN4/c1-6-4-14(5-13-6)9-8(10)2-7(11)3-12-9/h2-5H,11H2,1H3. The van der Waals surface area contributed by atoms with Gasteiger partial charge in [0.05, 0.1) is 17.6 Å². The zero-order valence-corrected chi connectivity index (χ0v) is 7.61. The van der Waals surface area contributed by atoms with Gasteiger partial charge in [0.25, 0.3) is 0 Å². The zero-order chi connectivity index (χ0) is 10.1. The molecule has 0 spiro atoms. The van der Waals surface area contributed by atoms with E-state index in [1.165, 1.54) is 23.2 Å². The summed E-state index contributed by atoms with van der Waals surface area (Å²) < 4.78 is 14.9. The summed E-state index contributed by atoms with van der Waals surface area (Å²) in [4.78, 5) is 7.87. The van der Waals surface area contributed by atoms with Crippen LogP contribution in [0.15, 0.2) is 24.8 Å². The van der Waals surface area contributed by atoms with Crippen molar-refractivity contribution in [1.82, 2.24) is 14.5 Å². The molecule has 2 aromatic rings. The van der Waals surface area contributed by atoms with E-state index >= 15 is 0 Å². The van der Waals surface area contributed by atoms with Crippen molar-refractivity contribution in [2.24, 2.45) is 0 Å². The second-order valence-corrected chi connectivity index (χ2v) is 3.00. The van der Waals surface area contributed by atoms with E-state index in [-0.39, 0.29) is 5.82 Å². The Balaban J connectivity index is 2.52. The van der Waals surface area contributed by atoms with Crippen molar-refractivity contribution in [1.29, 1.82) is 0 Å². The summed E-state index contributed by atoms with van der Waals surface area (Å²) >= 11 is 0. The van der Waals surface area contributed by atoms with Crippen molar-refractivity contribution in [3.05, 3.63) is 36.3 Å². The number of pyridine rings is 1. The van der Waals surface area contributed by atoms with Gasteiger partial charge in [-0.1, -0.05) is 0 Å². The number of halogens is 1. The third-order valence-electron chi connectivity index (χ3n) is 1.80. The average Bonchev–Trinajstić information content (AvgIpc) is 2.51. The Kier molecular flexibility index (Phi) is 1.92. The molecule has 0 aromatic carbocycles. The van der Waals surface area contributed by atoms with Crippen molar-refractivity contribution >= 4 is 5.69 Å². The Morgan fingerprint density at radius 1 is 1.43 bits per heavy atom. The lowest BCUT2D eigenvalue weighted by molar-refractivity contribution is 0.610. The summed E-state index contributed by atoms with van der Waals surface area (Å²) in [6.07, 6.45) is 4.62. The lowest BCUT2D eigenvalue weighted by Gasteiger charge is -2.02. The van der Waals surface area contributed by atoms with Gasteiger partial charge in [0.1, 0.15) is 6.33 Å². The second-order valence-electron chi connectivity index (χ2n) is 3.00. The molecule has 0 amide bonds. The molecular weight excluding hydrogens is 183 g/mol. The van der Waals surface area contributed by atoms with E-state index in [4.69, 9.17) is 5.73 Å². The minimum absolute atomic E-state index is 0.208. The van der Waals surface area contributed by atoms with Crippen molar-refractivity contribution in [2.75, 3.05) is 5.73 Å². The van der Waals surface area contributed by atoms with E-state index in [2.05, 4.69) is 9.97 Å². The van der Waals surface area contributed by atoms with Gasteiger partial charge in [0, 0.05) is 12.3 Å². The van der Waals surface area contributed by atoms with Crippen molar-refractivity contribution in [3.8, 4) is 5.82 Å². The molecule has 2 heterocycles. The SMILES string of the molecule is Cc1cn(-c2ncc(N)cc2F)cn1. The molecule has 0 aliphatic heterocycles. The fourth-order valence-electron chi connectivity index (χ4n) is 1.17. The number of hydrogen-bond donors (Lipinski definition) is 1. The minimum atomic E-state index is -0.456. The second kappa shape index (κ2) is 3.10. The summed E-state index contributed by atoms with van der Waals surface area (Å²) in [6.45, 7) is 1.83. The highest BCUT2D eigenvalue weighted by atomic mass is 19.1. The topological polar surface area (TPSA) is 56.7 Å². The highest BCUT2D eigenvalue weighted by Gasteiger charge is 2.06. The molecule has 0 saturated heterocycles. The molecule has 72 valence electrons. The van der Waals surface area contributed by atoms with Crippen LogP contribution in [0.1, 0.15) is 5.69 Å². The molecule has 2 rings (SSSR count). The Hall–Kier alpha value is -1.91. The summed E-state index contributed by atoms with van der Waals surface area (Å²) in [5.41, 5.74) is 6.50. The van der Waals surface area contributed by atoms with Crippen LogP contribution in [-0.2, 0) is 0 Å². The summed E-state index contributed by atoms with van der Waals surface area (Å²) in [5.74, 6) is -0.248. The molecule has 0 fully saturated rings. The third kappa shape index (κ3) is 1.44. The van der Waals surface area contributed by atoms with Gasteiger partial charge in [-0.25, -0.2) is 14.4 Å². The van der Waals surface area contributed by atoms with Crippen LogP contribution in [0.3, 0.4) is 0 Å². The smallest absolute Gasteiger partial charge is 0.174 e. The molecule has 0 aliphatic rings. The summed E-state index contributed by atoms with van der Waals surface area (Å²) in [6, 6.07) is 1.23. The van der Waals surface area contributed by atoms with Gasteiger partial charge in [0.15, 0.2) is 11.6 Å². The maximum Gasteiger partial charge on any atom is 0.174 e. The lowest BCUT2D eigenvalue weighted by Crippen LogP contribution is -2.00. The minimum Gasteiger partial charge on any atom is -0.397 e. The number of nitrogens with two attached hydrogens (primary N) is 1. The Morgan fingerprint density at radius 3 is 2.79 bits per heavy atom. The molecule has 4 nitrogen and oxygen atoms in total.